The van der Waals surface area contributed by atoms with Gasteiger partial charge in [-0.25, -0.2) is 4.39 Å². The van der Waals surface area contributed by atoms with E-state index < -0.39 is 5.82 Å². The molecule has 110 valence electrons. The fourth-order valence-corrected chi connectivity index (χ4v) is 2.55. The van der Waals surface area contributed by atoms with Crippen LogP contribution in [-0.2, 0) is 9.53 Å². The Balaban J connectivity index is 1.82. The lowest BCUT2D eigenvalue weighted by Crippen LogP contribution is -2.27. The molecule has 2 atom stereocenters. The van der Waals surface area contributed by atoms with Crippen LogP contribution in [0.2, 0.25) is 0 Å². The average molecular weight is 280 g/mol. The van der Waals surface area contributed by atoms with Crippen LogP contribution in [0.5, 0.6) is 0 Å². The number of nitrogens with one attached hydrogen (secondary N) is 1. The minimum absolute atomic E-state index is 0.0500. The summed E-state index contributed by atoms with van der Waals surface area (Å²) in [5, 5.41) is 2.48. The Bertz CT molecular complexity index is 479. The maximum atomic E-state index is 13.5. The fraction of sp³-hybridized carbons (Fsp3) is 0.533. The molecule has 2 unspecified atom stereocenters. The zero-order valence-electron chi connectivity index (χ0n) is 11.7. The van der Waals surface area contributed by atoms with Gasteiger partial charge in [-0.15, -0.1) is 0 Å². The highest BCUT2D eigenvalue weighted by molar-refractivity contribution is 5.92. The molecule has 20 heavy (non-hydrogen) atoms. The van der Waals surface area contributed by atoms with Gasteiger partial charge >= 0.3 is 0 Å². The van der Waals surface area contributed by atoms with Crippen molar-refractivity contribution in [3.8, 4) is 0 Å². The van der Waals surface area contributed by atoms with E-state index >= 15 is 0 Å². The van der Waals surface area contributed by atoms with Crippen molar-refractivity contribution in [2.24, 2.45) is 5.92 Å². The number of carbonyl (C=O) groups excluding carboxylic acids is 1. The van der Waals surface area contributed by atoms with Crippen molar-refractivity contribution in [3.63, 3.8) is 0 Å². The summed E-state index contributed by atoms with van der Waals surface area (Å²) in [6.45, 7) is 2.14. The van der Waals surface area contributed by atoms with Crippen molar-refractivity contribution < 1.29 is 13.9 Å². The van der Waals surface area contributed by atoms with E-state index in [-0.39, 0.29) is 24.3 Å². The second-order valence-corrected chi connectivity index (χ2v) is 5.49. The fourth-order valence-electron chi connectivity index (χ4n) is 2.55. The summed E-state index contributed by atoms with van der Waals surface area (Å²) in [5.74, 6) is -0.213. The van der Waals surface area contributed by atoms with Crippen LogP contribution in [0.1, 0.15) is 32.6 Å². The van der Waals surface area contributed by atoms with Gasteiger partial charge in [0.2, 0.25) is 5.91 Å². The average Bonchev–Trinajstić information content (AvgIpc) is 2.41. The summed E-state index contributed by atoms with van der Waals surface area (Å²) < 4.78 is 19.1. The summed E-state index contributed by atoms with van der Waals surface area (Å²) in [7, 11) is 0. The third-order valence-electron chi connectivity index (χ3n) is 3.60. The summed E-state index contributed by atoms with van der Waals surface area (Å²) >= 11 is 0. The molecule has 5 heteroatoms. The number of nitrogens with two attached hydrogens (primary N) is 1. The minimum Gasteiger partial charge on any atom is -0.399 e. The summed E-state index contributed by atoms with van der Waals surface area (Å²) in [6, 6.07) is 4.08. The zero-order valence-corrected chi connectivity index (χ0v) is 11.7. The Kier molecular flexibility index (Phi) is 4.95. The number of benzene rings is 1. The van der Waals surface area contributed by atoms with Crippen molar-refractivity contribution in [3.05, 3.63) is 24.0 Å². The number of hydrogen-bond donors (Lipinski definition) is 2. The van der Waals surface area contributed by atoms with Crippen LogP contribution in [0.25, 0.3) is 0 Å². The maximum absolute atomic E-state index is 13.5. The first-order valence-electron chi connectivity index (χ1n) is 7.01. The molecule has 1 saturated carbocycles. The zero-order chi connectivity index (χ0) is 14.5. The molecule has 0 bridgehead atoms. The predicted octanol–water partition coefficient (Wildman–Crippen LogP) is 2.94. The molecule has 1 aromatic carbocycles. The van der Waals surface area contributed by atoms with Gasteiger partial charge < -0.3 is 15.8 Å². The first-order chi connectivity index (χ1) is 9.54. The van der Waals surface area contributed by atoms with Crippen LogP contribution in [0, 0.1) is 11.7 Å². The molecule has 4 nitrogen and oxygen atoms in total. The molecule has 1 aliphatic carbocycles. The molecule has 0 aliphatic heterocycles. The maximum Gasteiger partial charge on any atom is 0.250 e. The first-order valence-corrected chi connectivity index (χ1v) is 7.01. The number of halogens is 1. The summed E-state index contributed by atoms with van der Waals surface area (Å²) in [5.41, 5.74) is 6.06. The predicted molar refractivity (Wildman–Crippen MR) is 76.8 cm³/mol. The lowest BCUT2D eigenvalue weighted by molar-refractivity contribution is -0.123. The number of carbonyl (C=O) groups is 1. The molecular weight excluding hydrogens is 259 g/mol. The van der Waals surface area contributed by atoms with Crippen molar-refractivity contribution in [2.75, 3.05) is 17.7 Å². The molecule has 1 aliphatic rings. The van der Waals surface area contributed by atoms with Crippen LogP contribution in [-0.4, -0.2) is 18.6 Å². The molecule has 0 aromatic heterocycles. The van der Waals surface area contributed by atoms with Crippen molar-refractivity contribution in [2.45, 2.75) is 38.7 Å². The van der Waals surface area contributed by atoms with Gasteiger partial charge in [0.05, 0.1) is 11.8 Å². The smallest absolute Gasteiger partial charge is 0.250 e. The third-order valence-corrected chi connectivity index (χ3v) is 3.60. The van der Waals surface area contributed by atoms with Crippen molar-refractivity contribution in [1.82, 2.24) is 0 Å². The van der Waals surface area contributed by atoms with Crippen LogP contribution in [0.3, 0.4) is 0 Å². The van der Waals surface area contributed by atoms with E-state index in [1.54, 1.807) is 0 Å². The monoisotopic (exact) mass is 280 g/mol. The molecule has 1 amide bonds. The molecule has 3 N–H and O–H groups in total. The Morgan fingerprint density at radius 2 is 2.30 bits per heavy atom. The number of anilines is 2. The van der Waals surface area contributed by atoms with Crippen LogP contribution < -0.4 is 11.1 Å². The van der Waals surface area contributed by atoms with E-state index in [1.165, 1.54) is 24.6 Å². The Morgan fingerprint density at radius 1 is 1.50 bits per heavy atom. The highest BCUT2D eigenvalue weighted by Crippen LogP contribution is 2.25. The highest BCUT2D eigenvalue weighted by Gasteiger charge is 2.20. The van der Waals surface area contributed by atoms with Gasteiger partial charge in [-0.05, 0) is 37.0 Å². The number of rotatable bonds is 4. The number of amides is 1. The molecule has 2 rings (SSSR count). The second kappa shape index (κ2) is 6.70. The molecule has 0 spiro atoms. The Morgan fingerprint density at radius 3 is 3.05 bits per heavy atom. The van der Waals surface area contributed by atoms with E-state index in [9.17, 15) is 9.18 Å². The molecule has 0 radical (unpaired) electrons. The van der Waals surface area contributed by atoms with Gasteiger partial charge in [0.15, 0.2) is 0 Å². The lowest BCUT2D eigenvalue weighted by atomic mass is 9.89. The summed E-state index contributed by atoms with van der Waals surface area (Å²) in [4.78, 5) is 11.8. The molecule has 0 heterocycles. The van der Waals surface area contributed by atoms with Gasteiger partial charge in [-0.3, -0.25) is 4.79 Å². The van der Waals surface area contributed by atoms with E-state index in [4.69, 9.17) is 10.5 Å². The van der Waals surface area contributed by atoms with Crippen molar-refractivity contribution in [1.29, 1.82) is 0 Å². The van der Waals surface area contributed by atoms with Gasteiger partial charge in [-0.2, -0.15) is 0 Å². The quantitative estimate of drug-likeness (QED) is 0.833. The number of hydrogen-bond acceptors (Lipinski definition) is 3. The SMILES string of the molecule is CC1CCCC(OCC(=O)Nc2cc(N)ccc2F)C1. The van der Waals surface area contributed by atoms with Crippen LogP contribution >= 0.6 is 0 Å². The van der Waals surface area contributed by atoms with Crippen LogP contribution in [0.4, 0.5) is 15.8 Å². The highest BCUT2D eigenvalue weighted by atomic mass is 19.1. The van der Waals surface area contributed by atoms with E-state index in [0.29, 0.717) is 11.6 Å². The van der Waals surface area contributed by atoms with Gasteiger partial charge in [0, 0.05) is 5.69 Å². The number of ether oxygens (including phenoxy) is 1. The van der Waals surface area contributed by atoms with E-state index in [1.807, 2.05) is 0 Å². The van der Waals surface area contributed by atoms with Gasteiger partial charge in [0.25, 0.3) is 0 Å². The summed E-state index contributed by atoms with van der Waals surface area (Å²) in [6.07, 6.45) is 4.47. The molecule has 0 saturated heterocycles. The first kappa shape index (κ1) is 14.8. The number of nitrogen functional groups attached to an aromatic ring is 1. The molecule has 1 aromatic rings. The molecular formula is C15H21FN2O2. The normalized spacial score (nSPS) is 22.5. The third kappa shape index (κ3) is 4.20. The van der Waals surface area contributed by atoms with Gasteiger partial charge in [-0.1, -0.05) is 19.8 Å². The topological polar surface area (TPSA) is 64.3 Å². The second-order valence-electron chi connectivity index (χ2n) is 5.49. The Labute approximate surface area is 118 Å². The molecule has 1 fully saturated rings. The van der Waals surface area contributed by atoms with Crippen molar-refractivity contribution >= 4 is 17.3 Å². The van der Waals surface area contributed by atoms with E-state index in [0.717, 1.165) is 19.3 Å². The van der Waals surface area contributed by atoms with Gasteiger partial charge in [0.1, 0.15) is 12.4 Å². The van der Waals surface area contributed by atoms with E-state index in [2.05, 4.69) is 12.2 Å². The standard InChI is InChI=1S/C15H21FN2O2/c1-10-3-2-4-12(7-10)20-9-15(19)18-14-8-11(17)5-6-13(14)16/h5-6,8,10,12H,2-4,7,9,17H2,1H3,(H,18,19). The lowest BCUT2D eigenvalue weighted by Gasteiger charge is -2.26. The van der Waals surface area contributed by atoms with Crippen LogP contribution in [0.15, 0.2) is 18.2 Å². The minimum atomic E-state index is -0.501. The largest absolute Gasteiger partial charge is 0.399 e. The Hall–Kier alpha value is -1.62.